The minimum Gasteiger partial charge on any atom is -0.465 e. The van der Waals surface area contributed by atoms with E-state index in [1.165, 1.54) is 42.3 Å². The van der Waals surface area contributed by atoms with Crippen molar-refractivity contribution < 1.29 is 18.7 Å². The van der Waals surface area contributed by atoms with Gasteiger partial charge >= 0.3 is 5.97 Å². The Kier molecular flexibility index (Phi) is 5.77. The molecule has 30 heavy (non-hydrogen) atoms. The molecule has 0 aliphatic carbocycles. The molecule has 0 radical (unpaired) electrons. The van der Waals surface area contributed by atoms with Gasteiger partial charge in [-0.1, -0.05) is 30.0 Å². The Hall–Kier alpha value is -3.24. The molecule has 0 unspecified atom stereocenters. The molecular weight excluding hydrogens is 427 g/mol. The first kappa shape index (κ1) is 20.0. The fraction of sp³-hybridized carbons (Fsp3) is 0.100. The highest BCUT2D eigenvalue weighted by molar-refractivity contribution is 7.99. The molecule has 3 aromatic heterocycles. The molecule has 1 aromatic carbocycles. The number of anilines is 1. The number of methoxy groups -OCH3 is 1. The number of nitrogens with one attached hydrogen (secondary N) is 1. The van der Waals surface area contributed by atoms with Crippen LogP contribution >= 0.6 is 23.1 Å². The molecule has 0 saturated heterocycles. The van der Waals surface area contributed by atoms with Gasteiger partial charge in [0.25, 0.3) is 0 Å². The van der Waals surface area contributed by atoms with Gasteiger partial charge in [-0.2, -0.15) is 0 Å². The topological polar surface area (TPSA) is 85.6 Å². The molecule has 0 spiro atoms. The smallest absolute Gasteiger partial charge is 0.341 e. The van der Waals surface area contributed by atoms with Gasteiger partial charge in [-0.15, -0.1) is 21.5 Å². The third-order valence-electron chi connectivity index (χ3n) is 4.20. The summed E-state index contributed by atoms with van der Waals surface area (Å²) < 4.78 is 19.9. The molecular formula is C20H15FN4O3S2. The lowest BCUT2D eigenvalue weighted by atomic mass is 10.0. The van der Waals surface area contributed by atoms with Crippen LogP contribution in [0.15, 0.2) is 59.2 Å². The first-order chi connectivity index (χ1) is 14.6. The lowest BCUT2D eigenvalue weighted by Gasteiger charge is -2.07. The van der Waals surface area contributed by atoms with E-state index in [1.54, 1.807) is 21.9 Å². The zero-order chi connectivity index (χ0) is 21.1. The highest BCUT2D eigenvalue weighted by Crippen LogP contribution is 2.36. The van der Waals surface area contributed by atoms with Gasteiger partial charge in [-0.05, 0) is 29.8 Å². The van der Waals surface area contributed by atoms with Crippen LogP contribution in [0, 0.1) is 5.82 Å². The maximum Gasteiger partial charge on any atom is 0.341 e. The third-order valence-corrected chi connectivity index (χ3v) is 6.04. The SMILES string of the molecule is COC(=O)c1c(-c2ccc(F)cc2)csc1NC(=O)CSc1nnc2ccccn12. The van der Waals surface area contributed by atoms with Gasteiger partial charge in [0.1, 0.15) is 16.4 Å². The summed E-state index contributed by atoms with van der Waals surface area (Å²) in [4.78, 5) is 24.9. The van der Waals surface area contributed by atoms with Crippen LogP contribution in [-0.4, -0.2) is 39.3 Å². The fourth-order valence-corrected chi connectivity index (χ4v) is 4.51. The number of rotatable bonds is 6. The molecule has 0 atom stereocenters. The Balaban J connectivity index is 1.52. The van der Waals surface area contributed by atoms with Crippen LogP contribution in [0.3, 0.4) is 0 Å². The molecule has 1 N–H and O–H groups in total. The molecule has 10 heteroatoms. The average Bonchev–Trinajstić information content (AvgIpc) is 3.36. The largest absolute Gasteiger partial charge is 0.465 e. The van der Waals surface area contributed by atoms with Gasteiger partial charge in [-0.25, -0.2) is 9.18 Å². The lowest BCUT2D eigenvalue weighted by Crippen LogP contribution is -2.16. The molecule has 0 aliphatic rings. The van der Waals surface area contributed by atoms with E-state index in [4.69, 9.17) is 4.74 Å². The number of thiophene rings is 1. The minimum absolute atomic E-state index is 0.0834. The van der Waals surface area contributed by atoms with E-state index in [1.807, 2.05) is 24.4 Å². The van der Waals surface area contributed by atoms with Gasteiger partial charge in [-0.3, -0.25) is 9.20 Å². The summed E-state index contributed by atoms with van der Waals surface area (Å²) in [7, 11) is 1.27. The van der Waals surface area contributed by atoms with Crippen molar-refractivity contribution in [3.63, 3.8) is 0 Å². The molecule has 0 fully saturated rings. The molecule has 7 nitrogen and oxygen atoms in total. The van der Waals surface area contributed by atoms with Crippen molar-refractivity contribution in [1.82, 2.24) is 14.6 Å². The molecule has 152 valence electrons. The first-order valence-electron chi connectivity index (χ1n) is 8.75. The van der Waals surface area contributed by atoms with Gasteiger partial charge in [0.2, 0.25) is 5.91 Å². The van der Waals surface area contributed by atoms with E-state index in [0.29, 0.717) is 26.9 Å². The third kappa shape index (κ3) is 4.05. The lowest BCUT2D eigenvalue weighted by molar-refractivity contribution is -0.113. The molecule has 3 heterocycles. The molecule has 0 bridgehead atoms. The average molecular weight is 442 g/mol. The van der Waals surface area contributed by atoms with Crippen LogP contribution in [0.25, 0.3) is 16.8 Å². The fourth-order valence-electron chi connectivity index (χ4n) is 2.81. The number of fused-ring (bicyclic) bond motifs is 1. The Morgan fingerprint density at radius 1 is 1.20 bits per heavy atom. The predicted molar refractivity (Wildman–Crippen MR) is 113 cm³/mol. The molecule has 4 rings (SSSR count). The van der Waals surface area contributed by atoms with Crippen LogP contribution in [0.2, 0.25) is 0 Å². The number of pyridine rings is 1. The Labute approximate surface area is 178 Å². The van der Waals surface area contributed by atoms with E-state index >= 15 is 0 Å². The van der Waals surface area contributed by atoms with Crippen molar-refractivity contribution in [2.24, 2.45) is 0 Å². The molecule has 0 saturated carbocycles. The summed E-state index contributed by atoms with van der Waals surface area (Å²) in [5, 5.41) is 13.6. The number of benzene rings is 1. The number of hydrogen-bond donors (Lipinski definition) is 1. The zero-order valence-electron chi connectivity index (χ0n) is 15.7. The van der Waals surface area contributed by atoms with Gasteiger partial charge in [0, 0.05) is 17.1 Å². The number of nitrogens with zero attached hydrogens (tertiary/aromatic N) is 3. The summed E-state index contributed by atoms with van der Waals surface area (Å²) in [5.41, 5.74) is 2.15. The summed E-state index contributed by atoms with van der Waals surface area (Å²) in [5.74, 6) is -1.17. The second-order valence-corrected chi connectivity index (χ2v) is 7.92. The summed E-state index contributed by atoms with van der Waals surface area (Å²) in [6.45, 7) is 0. The summed E-state index contributed by atoms with van der Waals surface area (Å²) in [6, 6.07) is 11.3. The maximum absolute atomic E-state index is 13.2. The predicted octanol–water partition coefficient (Wildman–Crippen LogP) is 4.11. The standard InChI is InChI=1S/C20H15FN4O3S2/c1-28-19(27)17-14(12-5-7-13(21)8-6-12)10-29-18(17)22-16(26)11-30-20-24-23-15-4-2-3-9-25(15)20/h2-10H,11H2,1H3,(H,22,26). The van der Waals surface area contributed by atoms with E-state index in [-0.39, 0.29) is 23.0 Å². The number of aromatic nitrogens is 3. The van der Waals surface area contributed by atoms with Crippen LogP contribution in [0.1, 0.15) is 10.4 Å². The summed E-state index contributed by atoms with van der Waals surface area (Å²) >= 11 is 2.44. The Morgan fingerprint density at radius 2 is 2.00 bits per heavy atom. The quantitative estimate of drug-likeness (QED) is 0.357. The second-order valence-electron chi connectivity index (χ2n) is 6.10. The van der Waals surface area contributed by atoms with Crippen LogP contribution < -0.4 is 5.32 Å². The minimum atomic E-state index is -0.582. The van der Waals surface area contributed by atoms with E-state index < -0.39 is 5.97 Å². The van der Waals surface area contributed by atoms with Crippen LogP contribution in [-0.2, 0) is 9.53 Å². The van der Waals surface area contributed by atoms with Gasteiger partial charge in [0.05, 0.1) is 12.9 Å². The van der Waals surface area contributed by atoms with Gasteiger partial charge < -0.3 is 10.1 Å². The van der Waals surface area contributed by atoms with Crippen LogP contribution in [0.4, 0.5) is 9.39 Å². The molecule has 0 aliphatic heterocycles. The number of halogens is 1. The molecule has 1 amide bonds. The number of carbonyl (C=O) groups excluding carboxylic acids is 2. The number of thioether (sulfide) groups is 1. The summed E-state index contributed by atoms with van der Waals surface area (Å²) in [6.07, 6.45) is 1.82. The number of esters is 1. The second kappa shape index (κ2) is 8.64. The number of hydrogen-bond acceptors (Lipinski definition) is 7. The van der Waals surface area contributed by atoms with E-state index in [9.17, 15) is 14.0 Å². The van der Waals surface area contributed by atoms with Crippen molar-refractivity contribution >= 4 is 45.6 Å². The number of ether oxygens (including phenoxy) is 1. The van der Waals surface area contributed by atoms with Crippen molar-refractivity contribution in [1.29, 1.82) is 0 Å². The number of amides is 1. The van der Waals surface area contributed by atoms with Crippen molar-refractivity contribution in [2.75, 3.05) is 18.2 Å². The highest BCUT2D eigenvalue weighted by atomic mass is 32.2. The normalized spacial score (nSPS) is 10.9. The van der Waals surface area contributed by atoms with E-state index in [0.717, 1.165) is 0 Å². The monoisotopic (exact) mass is 442 g/mol. The zero-order valence-corrected chi connectivity index (χ0v) is 17.3. The first-order valence-corrected chi connectivity index (χ1v) is 10.6. The van der Waals surface area contributed by atoms with Gasteiger partial charge in [0.15, 0.2) is 10.8 Å². The van der Waals surface area contributed by atoms with Crippen LogP contribution in [0.5, 0.6) is 0 Å². The Morgan fingerprint density at radius 3 is 2.77 bits per heavy atom. The maximum atomic E-state index is 13.2. The van der Waals surface area contributed by atoms with Crippen molar-refractivity contribution in [2.45, 2.75) is 5.16 Å². The molecule has 4 aromatic rings. The highest BCUT2D eigenvalue weighted by Gasteiger charge is 2.22. The number of carbonyl (C=O) groups is 2. The van der Waals surface area contributed by atoms with Crippen molar-refractivity contribution in [3.05, 3.63) is 65.4 Å². The van der Waals surface area contributed by atoms with E-state index in [2.05, 4.69) is 15.5 Å². The Bertz CT molecular complexity index is 1220. The van der Waals surface area contributed by atoms with Crippen molar-refractivity contribution in [3.8, 4) is 11.1 Å².